The van der Waals surface area contributed by atoms with Gasteiger partial charge < -0.3 is 5.11 Å². The van der Waals surface area contributed by atoms with Gasteiger partial charge in [-0.15, -0.1) is 11.3 Å². The summed E-state index contributed by atoms with van der Waals surface area (Å²) in [5.74, 6) is 0.478. The highest BCUT2D eigenvalue weighted by molar-refractivity contribution is 9.11. The highest BCUT2D eigenvalue weighted by Crippen LogP contribution is 2.45. The van der Waals surface area contributed by atoms with Gasteiger partial charge in [0, 0.05) is 4.88 Å². The van der Waals surface area contributed by atoms with E-state index in [1.54, 1.807) is 0 Å². The van der Waals surface area contributed by atoms with Crippen molar-refractivity contribution in [2.24, 2.45) is 5.92 Å². The maximum Gasteiger partial charge on any atom is 0.0910 e. The third-order valence-electron chi connectivity index (χ3n) is 2.02. The lowest BCUT2D eigenvalue weighted by Crippen LogP contribution is -1.95. The number of rotatable bonds is 2. The van der Waals surface area contributed by atoms with Crippen LogP contribution in [0.1, 0.15) is 23.8 Å². The van der Waals surface area contributed by atoms with Gasteiger partial charge in [-0.3, -0.25) is 0 Å². The van der Waals surface area contributed by atoms with Gasteiger partial charge in [0.05, 0.1) is 14.9 Å². The summed E-state index contributed by atoms with van der Waals surface area (Å²) in [7, 11) is 0. The van der Waals surface area contributed by atoms with Crippen molar-refractivity contribution in [1.82, 2.24) is 0 Å². The van der Waals surface area contributed by atoms with Crippen molar-refractivity contribution in [1.29, 1.82) is 0 Å². The predicted octanol–water partition coefficient (Wildman–Crippen LogP) is 3.61. The molecule has 1 aromatic heterocycles. The van der Waals surface area contributed by atoms with Gasteiger partial charge in [-0.2, -0.15) is 0 Å². The highest BCUT2D eigenvalue weighted by atomic mass is 79.9. The van der Waals surface area contributed by atoms with Crippen LogP contribution in [0.5, 0.6) is 0 Å². The Morgan fingerprint density at radius 1 is 1.67 bits per heavy atom. The van der Waals surface area contributed by atoms with Gasteiger partial charge in [0.25, 0.3) is 0 Å². The molecule has 1 N–H and O–H groups in total. The third-order valence-corrected chi connectivity index (χ3v) is 4.57. The molecule has 12 heavy (non-hydrogen) atoms. The smallest absolute Gasteiger partial charge is 0.0910 e. The van der Waals surface area contributed by atoms with E-state index in [9.17, 15) is 5.11 Å². The summed E-state index contributed by atoms with van der Waals surface area (Å²) >= 11 is 10.7. The summed E-state index contributed by atoms with van der Waals surface area (Å²) in [5.41, 5.74) is 0. The summed E-state index contributed by atoms with van der Waals surface area (Å²) in [5, 5.41) is 10.4. The van der Waals surface area contributed by atoms with E-state index in [0.717, 1.165) is 21.5 Å². The molecule has 4 heteroatoms. The first-order valence-electron chi connectivity index (χ1n) is 3.81. The lowest BCUT2D eigenvalue weighted by molar-refractivity contribution is 0.157. The van der Waals surface area contributed by atoms with Gasteiger partial charge in [-0.25, -0.2) is 0 Å². The Bertz CT molecular complexity index is 276. The van der Waals surface area contributed by atoms with Crippen molar-refractivity contribution in [2.75, 3.05) is 0 Å². The largest absolute Gasteiger partial charge is 0.387 e. The first-order valence-corrected chi connectivity index (χ1v) is 5.80. The molecule has 1 heterocycles. The van der Waals surface area contributed by atoms with Crippen LogP contribution in [0.15, 0.2) is 9.85 Å². The molecule has 66 valence electrons. The molecule has 1 aliphatic carbocycles. The summed E-state index contributed by atoms with van der Waals surface area (Å²) in [4.78, 5) is 0.981. The Hall–Kier alpha value is 0.430. The SMILES string of the molecule is OC(c1cc(Cl)c(Br)s1)C1CC1. The molecule has 0 amide bonds. The molecule has 0 radical (unpaired) electrons. The van der Waals surface area contributed by atoms with E-state index >= 15 is 0 Å². The van der Waals surface area contributed by atoms with Gasteiger partial charge >= 0.3 is 0 Å². The molecule has 1 atom stereocenters. The van der Waals surface area contributed by atoms with Crippen molar-refractivity contribution in [3.05, 3.63) is 19.8 Å². The summed E-state index contributed by atoms with van der Waals surface area (Å²) in [6.45, 7) is 0. The number of thiophene rings is 1. The molecule has 0 spiro atoms. The Labute approximate surface area is 88.5 Å². The molecule has 1 unspecified atom stereocenters. The highest BCUT2D eigenvalue weighted by Gasteiger charge is 2.32. The standard InChI is InChI=1S/C8H8BrClOS/c9-8-5(10)3-6(12-8)7(11)4-1-2-4/h3-4,7,11H,1-2H2. The van der Waals surface area contributed by atoms with E-state index in [0.29, 0.717) is 10.9 Å². The zero-order valence-electron chi connectivity index (χ0n) is 6.26. The van der Waals surface area contributed by atoms with E-state index in [1.807, 2.05) is 6.07 Å². The number of aliphatic hydroxyl groups excluding tert-OH is 1. The minimum Gasteiger partial charge on any atom is -0.387 e. The van der Waals surface area contributed by atoms with Crippen molar-refractivity contribution in [3.63, 3.8) is 0 Å². The van der Waals surface area contributed by atoms with E-state index in [4.69, 9.17) is 11.6 Å². The fourth-order valence-electron chi connectivity index (χ4n) is 1.15. The Balaban J connectivity index is 2.21. The Kier molecular flexibility index (Phi) is 2.47. The molecule has 0 saturated heterocycles. The van der Waals surface area contributed by atoms with Crippen LogP contribution in [0, 0.1) is 5.92 Å². The van der Waals surface area contributed by atoms with Crippen LogP contribution in [-0.4, -0.2) is 5.11 Å². The molecule has 0 aromatic carbocycles. The van der Waals surface area contributed by atoms with Crippen LogP contribution in [0.25, 0.3) is 0 Å². The normalized spacial score (nSPS) is 19.6. The van der Waals surface area contributed by atoms with Crippen molar-refractivity contribution in [2.45, 2.75) is 18.9 Å². The average molecular weight is 268 g/mol. The molecule has 1 nitrogen and oxygen atoms in total. The van der Waals surface area contributed by atoms with Crippen LogP contribution in [0.3, 0.4) is 0 Å². The molecule has 1 saturated carbocycles. The molecule has 1 fully saturated rings. The number of aliphatic hydroxyl groups is 1. The monoisotopic (exact) mass is 266 g/mol. The van der Waals surface area contributed by atoms with Crippen molar-refractivity contribution >= 4 is 38.9 Å². The van der Waals surface area contributed by atoms with Gasteiger partial charge in [-0.05, 0) is 40.8 Å². The fraction of sp³-hybridized carbons (Fsp3) is 0.500. The maximum atomic E-state index is 9.73. The third kappa shape index (κ3) is 1.69. The number of halogens is 2. The summed E-state index contributed by atoms with van der Waals surface area (Å²) in [6, 6.07) is 1.85. The van der Waals surface area contributed by atoms with Crippen molar-refractivity contribution < 1.29 is 5.11 Å². The van der Waals surface area contributed by atoms with Crippen LogP contribution in [-0.2, 0) is 0 Å². The number of hydrogen-bond acceptors (Lipinski definition) is 2. The fourth-order valence-corrected chi connectivity index (χ4v) is 2.98. The Morgan fingerprint density at radius 2 is 2.33 bits per heavy atom. The molecular formula is C8H8BrClOS. The number of hydrogen-bond donors (Lipinski definition) is 1. The molecule has 1 aromatic rings. The van der Waals surface area contributed by atoms with E-state index < -0.39 is 0 Å². The second-order valence-electron chi connectivity index (χ2n) is 3.05. The van der Waals surface area contributed by atoms with E-state index in [2.05, 4.69) is 15.9 Å². The second kappa shape index (κ2) is 3.29. The van der Waals surface area contributed by atoms with E-state index in [-0.39, 0.29) is 6.10 Å². The topological polar surface area (TPSA) is 20.2 Å². The predicted molar refractivity (Wildman–Crippen MR) is 54.7 cm³/mol. The van der Waals surface area contributed by atoms with Gasteiger partial charge in [-0.1, -0.05) is 11.6 Å². The molecular weight excluding hydrogens is 260 g/mol. The van der Waals surface area contributed by atoms with Crippen LogP contribution >= 0.6 is 38.9 Å². The zero-order valence-corrected chi connectivity index (χ0v) is 9.42. The van der Waals surface area contributed by atoms with Gasteiger partial charge in [0.15, 0.2) is 0 Å². The summed E-state index contributed by atoms with van der Waals surface area (Å²) < 4.78 is 0.916. The van der Waals surface area contributed by atoms with E-state index in [1.165, 1.54) is 11.3 Å². The minimum absolute atomic E-state index is 0.293. The minimum atomic E-state index is -0.293. The first kappa shape index (κ1) is 9.00. The quantitative estimate of drug-likeness (QED) is 0.868. The Morgan fingerprint density at radius 3 is 2.75 bits per heavy atom. The zero-order chi connectivity index (χ0) is 8.72. The van der Waals surface area contributed by atoms with Crippen LogP contribution < -0.4 is 0 Å². The molecule has 0 bridgehead atoms. The molecule has 0 aliphatic heterocycles. The lowest BCUT2D eigenvalue weighted by atomic mass is 10.2. The lowest BCUT2D eigenvalue weighted by Gasteiger charge is -2.03. The first-order chi connectivity index (χ1) is 5.68. The molecule has 2 rings (SSSR count). The van der Waals surface area contributed by atoms with Gasteiger partial charge in [0.1, 0.15) is 0 Å². The second-order valence-corrected chi connectivity index (χ2v) is 5.86. The molecule has 1 aliphatic rings. The van der Waals surface area contributed by atoms with Crippen LogP contribution in [0.4, 0.5) is 0 Å². The van der Waals surface area contributed by atoms with Gasteiger partial charge in [0.2, 0.25) is 0 Å². The average Bonchev–Trinajstić information content (AvgIpc) is 2.80. The van der Waals surface area contributed by atoms with Crippen LogP contribution in [0.2, 0.25) is 5.02 Å². The maximum absolute atomic E-state index is 9.73. The van der Waals surface area contributed by atoms with Crippen molar-refractivity contribution in [3.8, 4) is 0 Å². The summed E-state index contributed by atoms with van der Waals surface area (Å²) in [6.07, 6.45) is 2.00.